The van der Waals surface area contributed by atoms with Crippen LogP contribution in [0, 0.1) is 0 Å². The number of furan rings is 1. The van der Waals surface area contributed by atoms with Gasteiger partial charge in [0.2, 0.25) is 0 Å². The maximum atomic E-state index is 6.55. The number of fused-ring (bicyclic) bond motifs is 6. The van der Waals surface area contributed by atoms with Gasteiger partial charge in [0.1, 0.15) is 11.2 Å². The Morgan fingerprint density at radius 2 is 0.843 bits per heavy atom. The van der Waals surface area contributed by atoms with E-state index in [1.54, 1.807) is 0 Å². The normalized spacial score (nSPS) is 11.5. The molecule has 2 heterocycles. The van der Waals surface area contributed by atoms with Crippen LogP contribution in [0.1, 0.15) is 0 Å². The molecule has 10 rings (SSSR count). The van der Waals surface area contributed by atoms with E-state index < -0.39 is 0 Å². The highest BCUT2D eigenvalue weighted by Gasteiger charge is 2.20. The Morgan fingerprint density at radius 1 is 0.314 bits per heavy atom. The zero-order valence-corrected chi connectivity index (χ0v) is 27.5. The molecule has 2 aromatic heterocycles. The van der Waals surface area contributed by atoms with E-state index in [0.29, 0.717) is 17.5 Å². The molecule has 0 fully saturated rings. The molecule has 4 heteroatoms. The second-order valence-corrected chi connectivity index (χ2v) is 12.8. The molecular formula is C47H29N3O. The molecule has 51 heavy (non-hydrogen) atoms. The first-order chi connectivity index (χ1) is 25.2. The minimum Gasteiger partial charge on any atom is -0.456 e. The third-order valence-corrected chi connectivity index (χ3v) is 9.72. The van der Waals surface area contributed by atoms with Gasteiger partial charge in [-0.2, -0.15) is 0 Å². The molecule has 4 nitrogen and oxygen atoms in total. The van der Waals surface area contributed by atoms with Crippen LogP contribution in [-0.4, -0.2) is 15.0 Å². The largest absolute Gasteiger partial charge is 0.456 e. The van der Waals surface area contributed by atoms with Crippen LogP contribution in [-0.2, 0) is 0 Å². The summed E-state index contributed by atoms with van der Waals surface area (Å²) in [6.07, 6.45) is 0. The molecule has 0 radical (unpaired) electrons. The molecule has 10 aromatic rings. The second kappa shape index (κ2) is 11.9. The highest BCUT2D eigenvalue weighted by Crippen LogP contribution is 2.41. The summed E-state index contributed by atoms with van der Waals surface area (Å²) in [4.78, 5) is 15.4. The molecule has 0 aliphatic carbocycles. The molecule has 0 aliphatic heterocycles. The van der Waals surface area contributed by atoms with E-state index in [4.69, 9.17) is 19.4 Å². The lowest BCUT2D eigenvalue weighted by atomic mass is 9.94. The van der Waals surface area contributed by atoms with E-state index in [2.05, 4.69) is 121 Å². The Kier molecular flexibility index (Phi) is 6.78. The molecule has 238 valence electrons. The number of hydrogen-bond donors (Lipinski definition) is 0. The predicted molar refractivity (Wildman–Crippen MR) is 209 cm³/mol. The van der Waals surface area contributed by atoms with Crippen molar-refractivity contribution in [2.24, 2.45) is 0 Å². The van der Waals surface area contributed by atoms with Crippen LogP contribution in [0.25, 0.3) is 99.9 Å². The second-order valence-electron chi connectivity index (χ2n) is 12.8. The van der Waals surface area contributed by atoms with Crippen LogP contribution in [0.15, 0.2) is 180 Å². The fourth-order valence-electron chi connectivity index (χ4n) is 7.16. The first-order valence-corrected chi connectivity index (χ1v) is 17.1. The molecule has 0 aliphatic rings. The molecule has 0 spiro atoms. The minimum atomic E-state index is 0.593. The third kappa shape index (κ3) is 5.13. The smallest absolute Gasteiger partial charge is 0.164 e. The fourth-order valence-corrected chi connectivity index (χ4v) is 7.16. The number of hydrogen-bond acceptors (Lipinski definition) is 4. The number of aromatic nitrogens is 3. The average molecular weight is 652 g/mol. The highest BCUT2D eigenvalue weighted by molar-refractivity contribution is 6.14. The van der Waals surface area contributed by atoms with E-state index in [0.717, 1.165) is 60.9 Å². The van der Waals surface area contributed by atoms with Crippen molar-refractivity contribution in [1.29, 1.82) is 0 Å². The van der Waals surface area contributed by atoms with Gasteiger partial charge >= 0.3 is 0 Å². The van der Waals surface area contributed by atoms with E-state index in [9.17, 15) is 0 Å². The van der Waals surface area contributed by atoms with Crippen LogP contribution >= 0.6 is 0 Å². The number of benzene rings is 8. The van der Waals surface area contributed by atoms with E-state index in [1.807, 2.05) is 54.6 Å². The van der Waals surface area contributed by atoms with Crippen molar-refractivity contribution in [3.8, 4) is 56.4 Å². The van der Waals surface area contributed by atoms with Crippen molar-refractivity contribution in [2.45, 2.75) is 0 Å². The summed E-state index contributed by atoms with van der Waals surface area (Å²) in [6, 6.07) is 61.1. The van der Waals surface area contributed by atoms with Gasteiger partial charge in [-0.25, -0.2) is 15.0 Å². The van der Waals surface area contributed by atoms with Gasteiger partial charge in [0.15, 0.2) is 17.5 Å². The van der Waals surface area contributed by atoms with Gasteiger partial charge in [-0.1, -0.05) is 152 Å². The van der Waals surface area contributed by atoms with Gasteiger partial charge in [-0.3, -0.25) is 0 Å². The Balaban J connectivity index is 1.21. The molecule has 0 saturated heterocycles. The van der Waals surface area contributed by atoms with Gasteiger partial charge in [0, 0.05) is 27.5 Å². The lowest BCUT2D eigenvalue weighted by Gasteiger charge is -2.12. The standard InChI is InChI=1S/C47H29N3O/c1-3-11-30(12-4-1)31-19-24-35(25-20-31)46-48-45(34-14-5-2-6-15-34)49-47(50-46)41-28-37(29-43-44(41)39-17-9-10-18-42(39)51-43)36-26-23-33-22-21-32-13-7-8-16-38(32)40(33)27-36/h1-29H. The van der Waals surface area contributed by atoms with E-state index >= 15 is 0 Å². The SMILES string of the molecule is c1ccc(-c2ccc(-c3nc(-c4ccccc4)nc(-c4cc(-c5ccc6ccc7ccccc7c6c5)cc5oc6ccccc6c45)n3)cc2)cc1. The Morgan fingerprint density at radius 3 is 1.61 bits per heavy atom. The van der Waals surface area contributed by atoms with Crippen molar-refractivity contribution >= 4 is 43.5 Å². The molecule has 8 aromatic carbocycles. The number of nitrogens with zero attached hydrogens (tertiary/aromatic N) is 3. The summed E-state index contributed by atoms with van der Waals surface area (Å²) in [5.41, 5.74) is 8.78. The molecule has 0 atom stereocenters. The molecule has 0 saturated carbocycles. The van der Waals surface area contributed by atoms with Gasteiger partial charge in [-0.05, 0) is 68.1 Å². The van der Waals surface area contributed by atoms with Crippen LogP contribution in [0.3, 0.4) is 0 Å². The number of para-hydroxylation sites is 1. The summed E-state index contributed by atoms with van der Waals surface area (Å²) >= 11 is 0. The molecule has 0 unspecified atom stereocenters. The monoisotopic (exact) mass is 651 g/mol. The summed E-state index contributed by atoms with van der Waals surface area (Å²) in [5.74, 6) is 1.82. The van der Waals surface area contributed by atoms with Crippen molar-refractivity contribution in [3.05, 3.63) is 176 Å². The van der Waals surface area contributed by atoms with E-state index in [-0.39, 0.29) is 0 Å². The zero-order chi connectivity index (χ0) is 33.7. The van der Waals surface area contributed by atoms with Crippen molar-refractivity contribution in [3.63, 3.8) is 0 Å². The molecular weight excluding hydrogens is 623 g/mol. The maximum Gasteiger partial charge on any atom is 0.164 e. The van der Waals surface area contributed by atoms with Crippen LogP contribution in [0.4, 0.5) is 0 Å². The molecule has 0 N–H and O–H groups in total. The lowest BCUT2D eigenvalue weighted by Crippen LogP contribution is -2.00. The van der Waals surface area contributed by atoms with Crippen molar-refractivity contribution < 1.29 is 4.42 Å². The minimum absolute atomic E-state index is 0.593. The topological polar surface area (TPSA) is 51.8 Å². The Labute approximate surface area is 294 Å². The Bertz CT molecular complexity index is 2900. The Hall–Kier alpha value is -6.91. The summed E-state index contributed by atoms with van der Waals surface area (Å²) in [5, 5.41) is 6.87. The van der Waals surface area contributed by atoms with Crippen LogP contribution < -0.4 is 0 Å². The quantitative estimate of drug-likeness (QED) is 0.174. The maximum absolute atomic E-state index is 6.55. The van der Waals surface area contributed by atoms with Crippen LogP contribution in [0.2, 0.25) is 0 Å². The van der Waals surface area contributed by atoms with Gasteiger partial charge in [-0.15, -0.1) is 0 Å². The zero-order valence-electron chi connectivity index (χ0n) is 27.5. The first kappa shape index (κ1) is 29.0. The number of rotatable bonds is 5. The van der Waals surface area contributed by atoms with Crippen molar-refractivity contribution in [2.75, 3.05) is 0 Å². The van der Waals surface area contributed by atoms with Gasteiger partial charge in [0.05, 0.1) is 0 Å². The predicted octanol–water partition coefficient (Wildman–Crippen LogP) is 12.4. The summed E-state index contributed by atoms with van der Waals surface area (Å²) in [6.45, 7) is 0. The van der Waals surface area contributed by atoms with Crippen molar-refractivity contribution in [1.82, 2.24) is 15.0 Å². The average Bonchev–Trinajstić information content (AvgIpc) is 3.59. The van der Waals surface area contributed by atoms with Gasteiger partial charge < -0.3 is 4.42 Å². The van der Waals surface area contributed by atoms with Crippen LogP contribution in [0.5, 0.6) is 0 Å². The third-order valence-electron chi connectivity index (χ3n) is 9.72. The molecule has 0 bridgehead atoms. The fraction of sp³-hybridized carbons (Fsp3) is 0. The summed E-state index contributed by atoms with van der Waals surface area (Å²) in [7, 11) is 0. The summed E-state index contributed by atoms with van der Waals surface area (Å²) < 4.78 is 6.55. The first-order valence-electron chi connectivity index (χ1n) is 17.1. The lowest BCUT2D eigenvalue weighted by molar-refractivity contribution is 0.669. The van der Waals surface area contributed by atoms with E-state index in [1.165, 1.54) is 21.5 Å². The highest BCUT2D eigenvalue weighted by atomic mass is 16.3. The van der Waals surface area contributed by atoms with Gasteiger partial charge in [0.25, 0.3) is 0 Å². The molecule has 0 amide bonds.